The molecule has 25 heavy (non-hydrogen) atoms. The quantitative estimate of drug-likeness (QED) is 0.843. The van der Waals surface area contributed by atoms with Gasteiger partial charge in [0.05, 0.1) is 11.8 Å². The minimum atomic E-state index is -0.341. The lowest BCUT2D eigenvalue weighted by molar-refractivity contribution is -0.142. The number of likely N-dealkylation sites (tertiary alicyclic amines) is 1. The van der Waals surface area contributed by atoms with Crippen LogP contribution in [0.2, 0.25) is 0 Å². The van der Waals surface area contributed by atoms with Gasteiger partial charge in [-0.05, 0) is 44.0 Å². The number of aromatic amines is 1. The van der Waals surface area contributed by atoms with E-state index in [0.717, 1.165) is 47.2 Å². The predicted molar refractivity (Wildman–Crippen MR) is 93.8 cm³/mol. The molecule has 3 amide bonds. The number of amides is 3. The molecule has 6 heteroatoms. The van der Waals surface area contributed by atoms with E-state index in [2.05, 4.69) is 10.3 Å². The third kappa shape index (κ3) is 2.81. The highest BCUT2D eigenvalue weighted by molar-refractivity contribution is 6.08. The van der Waals surface area contributed by atoms with Crippen LogP contribution in [0.5, 0.6) is 0 Å². The van der Waals surface area contributed by atoms with Gasteiger partial charge < -0.3 is 10.3 Å². The van der Waals surface area contributed by atoms with Crippen molar-refractivity contribution in [1.82, 2.24) is 9.88 Å². The molecule has 6 nitrogen and oxygen atoms in total. The van der Waals surface area contributed by atoms with Crippen molar-refractivity contribution < 1.29 is 14.4 Å². The average Bonchev–Trinajstić information content (AvgIpc) is 3.07. The highest BCUT2D eigenvalue weighted by Crippen LogP contribution is 2.37. The molecule has 2 heterocycles. The van der Waals surface area contributed by atoms with Gasteiger partial charge in [-0.2, -0.15) is 0 Å². The molecule has 0 bridgehead atoms. The lowest BCUT2D eigenvalue weighted by atomic mass is 9.81. The van der Waals surface area contributed by atoms with Gasteiger partial charge in [-0.25, -0.2) is 0 Å². The fourth-order valence-corrected chi connectivity index (χ4v) is 4.09. The number of aromatic nitrogens is 1. The van der Waals surface area contributed by atoms with Crippen LogP contribution in [-0.4, -0.2) is 34.2 Å². The SMILES string of the molecule is Cc1cc2cc(NC(=O)CN3C(=O)C4CCCCC4C3=O)ccc2[nH]1. The Morgan fingerprint density at radius 1 is 1.16 bits per heavy atom. The van der Waals surface area contributed by atoms with Gasteiger partial charge in [0.2, 0.25) is 17.7 Å². The van der Waals surface area contributed by atoms with E-state index in [1.165, 1.54) is 0 Å². The number of hydrogen-bond acceptors (Lipinski definition) is 3. The van der Waals surface area contributed by atoms with Crippen molar-refractivity contribution in [2.45, 2.75) is 32.6 Å². The zero-order chi connectivity index (χ0) is 17.6. The number of rotatable bonds is 3. The monoisotopic (exact) mass is 339 g/mol. The number of benzene rings is 1. The van der Waals surface area contributed by atoms with E-state index in [0.29, 0.717) is 5.69 Å². The number of anilines is 1. The van der Waals surface area contributed by atoms with E-state index >= 15 is 0 Å². The van der Waals surface area contributed by atoms with Gasteiger partial charge in [0.25, 0.3) is 0 Å². The molecule has 1 aliphatic carbocycles. The maximum Gasteiger partial charge on any atom is 0.244 e. The Kier molecular flexibility index (Phi) is 3.82. The van der Waals surface area contributed by atoms with Crippen LogP contribution in [0.25, 0.3) is 10.9 Å². The molecule has 2 unspecified atom stereocenters. The first kappa shape index (κ1) is 15.9. The molecule has 2 atom stereocenters. The number of H-pyrrole nitrogens is 1. The highest BCUT2D eigenvalue weighted by Gasteiger charge is 2.48. The number of hydrogen-bond donors (Lipinski definition) is 2. The van der Waals surface area contributed by atoms with Crippen LogP contribution in [0.15, 0.2) is 24.3 Å². The summed E-state index contributed by atoms with van der Waals surface area (Å²) in [6.45, 7) is 1.77. The normalized spacial score (nSPS) is 23.2. The molecule has 2 aromatic rings. The first-order chi connectivity index (χ1) is 12.0. The molecular weight excluding hydrogens is 318 g/mol. The van der Waals surface area contributed by atoms with E-state index in [1.807, 2.05) is 31.2 Å². The molecule has 4 rings (SSSR count). The first-order valence-electron chi connectivity index (χ1n) is 8.77. The maximum atomic E-state index is 12.4. The van der Waals surface area contributed by atoms with Crippen molar-refractivity contribution in [3.8, 4) is 0 Å². The van der Waals surface area contributed by atoms with Crippen molar-refractivity contribution >= 4 is 34.3 Å². The van der Waals surface area contributed by atoms with Crippen molar-refractivity contribution in [2.75, 3.05) is 11.9 Å². The first-order valence-corrected chi connectivity index (χ1v) is 8.77. The Balaban J connectivity index is 1.46. The molecule has 1 saturated heterocycles. The van der Waals surface area contributed by atoms with E-state index in [4.69, 9.17) is 0 Å². The summed E-state index contributed by atoms with van der Waals surface area (Å²) in [6, 6.07) is 7.59. The topological polar surface area (TPSA) is 82.3 Å². The summed E-state index contributed by atoms with van der Waals surface area (Å²) in [4.78, 5) is 41.6. The molecule has 2 fully saturated rings. The summed E-state index contributed by atoms with van der Waals surface area (Å²) < 4.78 is 0. The second kappa shape index (κ2) is 6.02. The number of imide groups is 1. The molecule has 1 aromatic carbocycles. The molecule has 2 aliphatic rings. The molecule has 130 valence electrons. The Hall–Kier alpha value is -2.63. The van der Waals surface area contributed by atoms with Gasteiger partial charge in [-0.15, -0.1) is 0 Å². The zero-order valence-electron chi connectivity index (χ0n) is 14.2. The van der Waals surface area contributed by atoms with Crippen molar-refractivity contribution in [1.29, 1.82) is 0 Å². The third-order valence-electron chi connectivity index (χ3n) is 5.27. The molecule has 1 aliphatic heterocycles. The van der Waals surface area contributed by atoms with Crippen LogP contribution in [0.3, 0.4) is 0 Å². The van der Waals surface area contributed by atoms with Crippen molar-refractivity contribution in [3.05, 3.63) is 30.0 Å². The Labute approximate surface area is 145 Å². The van der Waals surface area contributed by atoms with Crippen LogP contribution in [0, 0.1) is 18.8 Å². The van der Waals surface area contributed by atoms with Gasteiger partial charge >= 0.3 is 0 Å². The van der Waals surface area contributed by atoms with Gasteiger partial charge in [0.1, 0.15) is 6.54 Å². The fraction of sp³-hybridized carbons (Fsp3) is 0.421. The van der Waals surface area contributed by atoms with Gasteiger partial charge in [0, 0.05) is 22.3 Å². The van der Waals surface area contributed by atoms with E-state index in [-0.39, 0.29) is 36.1 Å². The van der Waals surface area contributed by atoms with Crippen LogP contribution < -0.4 is 5.32 Å². The second-order valence-corrected chi connectivity index (χ2v) is 7.06. The minimum absolute atomic E-state index is 0.179. The number of carbonyl (C=O) groups excluding carboxylic acids is 3. The van der Waals surface area contributed by atoms with E-state index < -0.39 is 0 Å². The van der Waals surface area contributed by atoms with Crippen molar-refractivity contribution in [2.24, 2.45) is 11.8 Å². The minimum Gasteiger partial charge on any atom is -0.359 e. The fourth-order valence-electron chi connectivity index (χ4n) is 4.09. The molecular formula is C19H21N3O3. The molecule has 1 saturated carbocycles. The Bertz CT molecular complexity index is 846. The highest BCUT2D eigenvalue weighted by atomic mass is 16.2. The molecule has 2 N–H and O–H groups in total. The Morgan fingerprint density at radius 3 is 2.52 bits per heavy atom. The van der Waals surface area contributed by atoms with Crippen LogP contribution in [0.4, 0.5) is 5.69 Å². The summed E-state index contributed by atoms with van der Waals surface area (Å²) in [6.07, 6.45) is 3.49. The number of nitrogens with zero attached hydrogens (tertiary/aromatic N) is 1. The standard InChI is InChI=1S/C19H21N3O3/c1-11-8-12-9-13(6-7-16(12)20-11)21-17(23)10-22-18(24)14-4-2-3-5-15(14)19(22)25/h6-9,14-15,20H,2-5,10H2,1H3,(H,21,23). The summed E-state index contributed by atoms with van der Waals surface area (Å²) in [5.74, 6) is -1.13. The van der Waals surface area contributed by atoms with Gasteiger partial charge in [-0.3, -0.25) is 19.3 Å². The Morgan fingerprint density at radius 2 is 1.84 bits per heavy atom. The van der Waals surface area contributed by atoms with E-state index in [9.17, 15) is 14.4 Å². The third-order valence-corrected chi connectivity index (χ3v) is 5.27. The summed E-state index contributed by atoms with van der Waals surface area (Å²) in [7, 11) is 0. The maximum absolute atomic E-state index is 12.4. The second-order valence-electron chi connectivity index (χ2n) is 7.06. The number of nitrogens with one attached hydrogen (secondary N) is 2. The van der Waals surface area contributed by atoms with Crippen LogP contribution >= 0.6 is 0 Å². The predicted octanol–water partition coefficient (Wildman–Crippen LogP) is 2.59. The molecule has 0 radical (unpaired) electrons. The summed E-state index contributed by atoms with van der Waals surface area (Å²) in [5.41, 5.74) is 2.71. The van der Waals surface area contributed by atoms with Crippen LogP contribution in [-0.2, 0) is 14.4 Å². The summed E-state index contributed by atoms with van der Waals surface area (Å²) >= 11 is 0. The number of aryl methyl sites for hydroxylation is 1. The number of carbonyl (C=O) groups is 3. The number of fused-ring (bicyclic) bond motifs is 2. The van der Waals surface area contributed by atoms with Crippen molar-refractivity contribution in [3.63, 3.8) is 0 Å². The zero-order valence-corrected chi connectivity index (χ0v) is 14.2. The van der Waals surface area contributed by atoms with Gasteiger partial charge in [0.15, 0.2) is 0 Å². The smallest absolute Gasteiger partial charge is 0.244 e. The average molecular weight is 339 g/mol. The van der Waals surface area contributed by atoms with E-state index in [1.54, 1.807) is 0 Å². The van der Waals surface area contributed by atoms with Crippen LogP contribution in [0.1, 0.15) is 31.4 Å². The van der Waals surface area contributed by atoms with Gasteiger partial charge in [-0.1, -0.05) is 12.8 Å². The summed E-state index contributed by atoms with van der Waals surface area (Å²) in [5, 5.41) is 3.80. The lowest BCUT2D eigenvalue weighted by Crippen LogP contribution is -2.38. The molecule has 1 aromatic heterocycles. The molecule has 0 spiro atoms. The lowest BCUT2D eigenvalue weighted by Gasteiger charge is -2.19. The largest absolute Gasteiger partial charge is 0.359 e.